The third-order valence-electron chi connectivity index (χ3n) is 2.68. The van der Waals surface area contributed by atoms with Crippen molar-refractivity contribution in [3.8, 4) is 5.75 Å². The Morgan fingerprint density at radius 3 is 2.48 bits per heavy atom. The Kier molecular flexibility index (Phi) is 5.51. The number of carbonyl (C=O) groups excluding carboxylic acids is 1. The van der Waals surface area contributed by atoms with E-state index in [4.69, 9.17) is 4.74 Å². The maximum atomic E-state index is 11.8. The van der Waals surface area contributed by atoms with E-state index in [0.717, 1.165) is 15.8 Å². The van der Waals surface area contributed by atoms with Crippen molar-refractivity contribution in [2.45, 2.75) is 6.92 Å². The maximum Gasteiger partial charge on any atom is 0.271 e. The van der Waals surface area contributed by atoms with Gasteiger partial charge in [-0.2, -0.15) is 5.10 Å². The summed E-state index contributed by atoms with van der Waals surface area (Å²) >= 11 is 3.32. The van der Waals surface area contributed by atoms with Gasteiger partial charge in [-0.15, -0.1) is 0 Å². The Labute approximate surface area is 132 Å². The van der Waals surface area contributed by atoms with E-state index < -0.39 is 0 Å². The fourth-order valence-electron chi connectivity index (χ4n) is 1.65. The number of halogens is 1. The molecule has 0 fully saturated rings. The quantitative estimate of drug-likeness (QED) is 0.664. The smallest absolute Gasteiger partial charge is 0.271 e. The van der Waals surface area contributed by atoms with Gasteiger partial charge in [0.15, 0.2) is 0 Å². The lowest BCUT2D eigenvalue weighted by atomic mass is 10.2. The van der Waals surface area contributed by atoms with Crippen molar-refractivity contribution in [3.05, 3.63) is 64.1 Å². The summed E-state index contributed by atoms with van der Waals surface area (Å²) in [6.07, 6.45) is 1.59. The lowest BCUT2D eigenvalue weighted by Crippen LogP contribution is -2.17. The highest BCUT2D eigenvalue weighted by atomic mass is 79.9. The second-order valence-electron chi connectivity index (χ2n) is 4.21. The van der Waals surface area contributed by atoms with Crippen LogP contribution in [0.1, 0.15) is 22.8 Å². The van der Waals surface area contributed by atoms with Gasteiger partial charge in [0, 0.05) is 10.0 Å². The fraction of sp³-hybridized carbons (Fsp3) is 0.125. The van der Waals surface area contributed by atoms with E-state index in [2.05, 4.69) is 26.5 Å². The predicted octanol–water partition coefficient (Wildman–Crippen LogP) is 3.61. The minimum Gasteiger partial charge on any atom is -0.494 e. The molecule has 2 aromatic rings. The monoisotopic (exact) mass is 346 g/mol. The summed E-state index contributed by atoms with van der Waals surface area (Å²) < 4.78 is 6.28. The summed E-state index contributed by atoms with van der Waals surface area (Å²) in [5.74, 6) is 0.568. The first-order valence-electron chi connectivity index (χ1n) is 6.51. The maximum absolute atomic E-state index is 11.8. The molecule has 0 aliphatic heterocycles. The van der Waals surface area contributed by atoms with Gasteiger partial charge in [-0.1, -0.05) is 15.9 Å². The molecule has 4 nitrogen and oxygen atoms in total. The number of nitrogens with one attached hydrogen (secondary N) is 1. The van der Waals surface area contributed by atoms with Crippen molar-refractivity contribution < 1.29 is 9.53 Å². The molecule has 0 radical (unpaired) electrons. The van der Waals surface area contributed by atoms with Crippen LogP contribution in [0.25, 0.3) is 0 Å². The molecule has 0 aliphatic carbocycles. The van der Waals surface area contributed by atoms with Crippen LogP contribution in [0.2, 0.25) is 0 Å². The Morgan fingerprint density at radius 2 is 1.86 bits per heavy atom. The predicted molar refractivity (Wildman–Crippen MR) is 86.8 cm³/mol. The van der Waals surface area contributed by atoms with Gasteiger partial charge < -0.3 is 4.74 Å². The molecule has 108 valence electrons. The van der Waals surface area contributed by atoms with Crippen LogP contribution in [0, 0.1) is 0 Å². The molecular formula is C16H15BrN2O2. The van der Waals surface area contributed by atoms with Crippen LogP contribution in [-0.2, 0) is 0 Å². The van der Waals surface area contributed by atoms with Crippen molar-refractivity contribution in [1.29, 1.82) is 0 Å². The number of hydrogen-bond donors (Lipinski definition) is 1. The minimum atomic E-state index is -0.246. The first-order chi connectivity index (χ1) is 10.2. The van der Waals surface area contributed by atoms with Gasteiger partial charge in [0.2, 0.25) is 0 Å². The zero-order valence-electron chi connectivity index (χ0n) is 11.5. The first kappa shape index (κ1) is 15.3. The Hall–Kier alpha value is -2.14. The SMILES string of the molecule is CCOc1ccc(C=NNC(=O)c2ccc(Br)cc2)cc1. The molecule has 0 aromatic heterocycles. The van der Waals surface area contributed by atoms with Gasteiger partial charge >= 0.3 is 0 Å². The molecule has 0 bridgehead atoms. The van der Waals surface area contributed by atoms with Gasteiger partial charge in [-0.05, 0) is 61.0 Å². The largest absolute Gasteiger partial charge is 0.494 e. The van der Waals surface area contributed by atoms with E-state index in [1.54, 1.807) is 18.3 Å². The van der Waals surface area contributed by atoms with E-state index in [-0.39, 0.29) is 5.91 Å². The van der Waals surface area contributed by atoms with E-state index in [0.29, 0.717) is 12.2 Å². The summed E-state index contributed by atoms with van der Waals surface area (Å²) in [6.45, 7) is 2.57. The summed E-state index contributed by atoms with van der Waals surface area (Å²) in [7, 11) is 0. The summed E-state index contributed by atoms with van der Waals surface area (Å²) in [5.41, 5.74) is 3.93. The fourth-order valence-corrected chi connectivity index (χ4v) is 1.91. The molecule has 0 unspecified atom stereocenters. The van der Waals surface area contributed by atoms with Crippen molar-refractivity contribution in [2.75, 3.05) is 6.61 Å². The standard InChI is InChI=1S/C16H15BrN2O2/c1-2-21-15-9-3-12(4-10-15)11-18-19-16(20)13-5-7-14(17)8-6-13/h3-11H,2H2,1H3,(H,19,20). The van der Waals surface area contributed by atoms with Crippen LogP contribution in [-0.4, -0.2) is 18.7 Å². The lowest BCUT2D eigenvalue weighted by Gasteiger charge is -2.02. The molecule has 1 amide bonds. The average molecular weight is 347 g/mol. The topological polar surface area (TPSA) is 50.7 Å². The summed E-state index contributed by atoms with van der Waals surface area (Å²) in [6, 6.07) is 14.6. The number of nitrogens with zero attached hydrogens (tertiary/aromatic N) is 1. The number of benzene rings is 2. The van der Waals surface area contributed by atoms with E-state index in [1.165, 1.54) is 0 Å². The first-order valence-corrected chi connectivity index (χ1v) is 7.30. The molecule has 0 saturated heterocycles. The Morgan fingerprint density at radius 1 is 1.19 bits per heavy atom. The number of rotatable bonds is 5. The number of carbonyl (C=O) groups is 1. The average Bonchev–Trinajstić information content (AvgIpc) is 2.50. The molecule has 5 heteroatoms. The van der Waals surface area contributed by atoms with Gasteiger partial charge in [0.25, 0.3) is 5.91 Å². The molecule has 0 heterocycles. The Balaban J connectivity index is 1.92. The molecule has 0 saturated carbocycles. The normalized spacial score (nSPS) is 10.6. The Bertz CT molecular complexity index is 622. The molecule has 2 aromatic carbocycles. The van der Waals surface area contributed by atoms with Gasteiger partial charge in [-0.25, -0.2) is 5.43 Å². The lowest BCUT2D eigenvalue weighted by molar-refractivity contribution is 0.0955. The second-order valence-corrected chi connectivity index (χ2v) is 5.12. The molecule has 21 heavy (non-hydrogen) atoms. The number of hydrogen-bond acceptors (Lipinski definition) is 3. The van der Waals surface area contributed by atoms with Gasteiger partial charge in [-0.3, -0.25) is 4.79 Å². The zero-order valence-corrected chi connectivity index (χ0v) is 13.1. The highest BCUT2D eigenvalue weighted by Gasteiger charge is 2.02. The third-order valence-corrected chi connectivity index (χ3v) is 3.21. The van der Waals surface area contributed by atoms with Crippen LogP contribution in [0.5, 0.6) is 5.75 Å². The van der Waals surface area contributed by atoms with E-state index in [9.17, 15) is 4.79 Å². The molecule has 0 atom stereocenters. The van der Waals surface area contributed by atoms with Crippen molar-refractivity contribution >= 4 is 28.1 Å². The van der Waals surface area contributed by atoms with E-state index in [1.807, 2.05) is 43.3 Å². The molecule has 0 aliphatic rings. The number of ether oxygens (including phenoxy) is 1. The summed E-state index contributed by atoms with van der Waals surface area (Å²) in [5, 5.41) is 3.94. The highest BCUT2D eigenvalue weighted by molar-refractivity contribution is 9.10. The van der Waals surface area contributed by atoms with Crippen LogP contribution in [0.15, 0.2) is 58.1 Å². The van der Waals surface area contributed by atoms with Crippen LogP contribution >= 0.6 is 15.9 Å². The van der Waals surface area contributed by atoms with Crippen LogP contribution in [0.4, 0.5) is 0 Å². The number of amides is 1. The van der Waals surface area contributed by atoms with Crippen LogP contribution < -0.4 is 10.2 Å². The van der Waals surface area contributed by atoms with Crippen molar-refractivity contribution in [3.63, 3.8) is 0 Å². The third kappa shape index (κ3) is 4.72. The zero-order chi connectivity index (χ0) is 15.1. The molecule has 1 N–H and O–H groups in total. The summed E-state index contributed by atoms with van der Waals surface area (Å²) in [4.78, 5) is 11.8. The van der Waals surface area contributed by atoms with Crippen molar-refractivity contribution in [1.82, 2.24) is 5.43 Å². The molecule has 0 spiro atoms. The van der Waals surface area contributed by atoms with Gasteiger partial charge in [0.1, 0.15) is 5.75 Å². The van der Waals surface area contributed by atoms with Gasteiger partial charge in [0.05, 0.1) is 12.8 Å². The second kappa shape index (κ2) is 7.59. The van der Waals surface area contributed by atoms with Crippen molar-refractivity contribution in [2.24, 2.45) is 5.10 Å². The van der Waals surface area contributed by atoms with Crippen LogP contribution in [0.3, 0.4) is 0 Å². The minimum absolute atomic E-state index is 0.246. The highest BCUT2D eigenvalue weighted by Crippen LogP contribution is 2.11. The molecule has 2 rings (SSSR count). The van der Waals surface area contributed by atoms with E-state index >= 15 is 0 Å². The number of hydrazone groups is 1. The molecular weight excluding hydrogens is 332 g/mol.